The van der Waals surface area contributed by atoms with E-state index in [1.807, 2.05) is 13.8 Å². The van der Waals surface area contributed by atoms with E-state index in [0.29, 0.717) is 34.0 Å². The SMILES string of the molecule is CC[C@H](C)N1C(=O)S/C(=C/c2cc(Cl)c(OCc3cccc(F)c3)c(OC)c2)C1=O. The summed E-state index contributed by atoms with van der Waals surface area (Å²) < 4.78 is 24.5. The number of carbonyl (C=O) groups is 2. The maximum absolute atomic E-state index is 13.4. The molecule has 3 rings (SSSR count). The molecule has 5 nitrogen and oxygen atoms in total. The summed E-state index contributed by atoms with van der Waals surface area (Å²) in [5.41, 5.74) is 1.25. The molecule has 1 aliphatic rings. The van der Waals surface area contributed by atoms with Crippen molar-refractivity contribution in [2.75, 3.05) is 7.11 Å². The molecule has 0 N–H and O–H groups in total. The van der Waals surface area contributed by atoms with Crippen molar-refractivity contribution < 1.29 is 23.5 Å². The molecule has 1 aliphatic heterocycles. The molecular weight excluding hydrogens is 429 g/mol. The first kappa shape index (κ1) is 22.2. The number of benzene rings is 2. The molecule has 0 spiro atoms. The number of halogens is 2. The Kier molecular flexibility index (Phi) is 7.05. The Labute approximate surface area is 183 Å². The number of imide groups is 1. The standard InChI is InChI=1S/C22H21ClFNO4S/c1-4-13(2)25-21(26)19(30-22(25)27)11-15-9-17(23)20(18(10-15)28-3)29-12-14-6-5-7-16(24)8-14/h5-11,13H,4,12H2,1-3H3/b19-11+/t13-/m0/s1. The van der Waals surface area contributed by atoms with Crippen LogP contribution in [0.1, 0.15) is 31.4 Å². The number of thioether (sulfide) groups is 1. The predicted molar refractivity (Wildman–Crippen MR) is 116 cm³/mol. The number of hydrogen-bond donors (Lipinski definition) is 0. The quantitative estimate of drug-likeness (QED) is 0.492. The molecule has 1 saturated heterocycles. The van der Waals surface area contributed by atoms with Gasteiger partial charge < -0.3 is 9.47 Å². The molecule has 1 heterocycles. The number of carbonyl (C=O) groups excluding carboxylic acids is 2. The first-order chi connectivity index (χ1) is 14.3. The van der Waals surface area contributed by atoms with Gasteiger partial charge in [0, 0.05) is 6.04 Å². The van der Waals surface area contributed by atoms with Crippen molar-refractivity contribution in [1.82, 2.24) is 4.90 Å². The van der Waals surface area contributed by atoms with Crippen LogP contribution >= 0.6 is 23.4 Å². The van der Waals surface area contributed by atoms with Crippen LogP contribution in [-0.4, -0.2) is 29.2 Å². The Balaban J connectivity index is 1.84. The molecule has 0 aliphatic carbocycles. The van der Waals surface area contributed by atoms with Crippen LogP contribution in [0.4, 0.5) is 9.18 Å². The summed E-state index contributed by atoms with van der Waals surface area (Å²) in [6, 6.07) is 9.21. The van der Waals surface area contributed by atoms with E-state index < -0.39 is 0 Å². The highest BCUT2D eigenvalue weighted by Gasteiger charge is 2.37. The predicted octanol–water partition coefficient (Wildman–Crippen LogP) is 5.90. The maximum Gasteiger partial charge on any atom is 0.293 e. The number of nitrogens with zero attached hydrogens (tertiary/aromatic N) is 1. The van der Waals surface area contributed by atoms with Crippen LogP contribution in [0.25, 0.3) is 6.08 Å². The second kappa shape index (κ2) is 9.53. The summed E-state index contributed by atoms with van der Waals surface area (Å²) in [4.78, 5) is 26.4. The molecule has 1 fully saturated rings. The van der Waals surface area contributed by atoms with Crippen molar-refractivity contribution in [1.29, 1.82) is 0 Å². The molecule has 2 aromatic carbocycles. The lowest BCUT2D eigenvalue weighted by molar-refractivity contribution is -0.124. The Bertz CT molecular complexity index is 1010. The second-order valence-corrected chi connectivity index (χ2v) is 8.16. The lowest BCUT2D eigenvalue weighted by atomic mass is 10.1. The van der Waals surface area contributed by atoms with Gasteiger partial charge in [-0.1, -0.05) is 30.7 Å². The van der Waals surface area contributed by atoms with Crippen LogP contribution in [0, 0.1) is 5.82 Å². The minimum absolute atomic E-state index is 0.112. The van der Waals surface area contributed by atoms with Gasteiger partial charge in [-0.2, -0.15) is 0 Å². The van der Waals surface area contributed by atoms with Crippen LogP contribution in [0.3, 0.4) is 0 Å². The highest BCUT2D eigenvalue weighted by Crippen LogP contribution is 2.39. The molecule has 1 atom stereocenters. The van der Waals surface area contributed by atoms with Crippen LogP contribution < -0.4 is 9.47 Å². The zero-order valence-corrected chi connectivity index (χ0v) is 18.3. The molecule has 0 bridgehead atoms. The van der Waals surface area contributed by atoms with Gasteiger partial charge in [0.15, 0.2) is 11.5 Å². The third-order valence-electron chi connectivity index (χ3n) is 4.68. The van der Waals surface area contributed by atoms with E-state index >= 15 is 0 Å². The van der Waals surface area contributed by atoms with Crippen LogP contribution in [0.2, 0.25) is 5.02 Å². The molecule has 2 aromatic rings. The largest absolute Gasteiger partial charge is 0.493 e. The van der Waals surface area contributed by atoms with Crippen molar-refractivity contribution in [2.45, 2.75) is 32.9 Å². The van der Waals surface area contributed by atoms with Gasteiger partial charge >= 0.3 is 0 Å². The monoisotopic (exact) mass is 449 g/mol. The van der Waals surface area contributed by atoms with Crippen molar-refractivity contribution in [3.63, 3.8) is 0 Å². The summed E-state index contributed by atoms with van der Waals surface area (Å²) in [5, 5.41) is -0.00753. The van der Waals surface area contributed by atoms with Gasteiger partial charge in [0.2, 0.25) is 0 Å². The third kappa shape index (κ3) is 4.79. The Morgan fingerprint density at radius 2 is 2.03 bits per heavy atom. The highest BCUT2D eigenvalue weighted by molar-refractivity contribution is 8.18. The van der Waals surface area contributed by atoms with Crippen LogP contribution in [-0.2, 0) is 11.4 Å². The smallest absolute Gasteiger partial charge is 0.293 e. The second-order valence-electron chi connectivity index (χ2n) is 6.76. The molecular formula is C22H21ClFNO4S. The summed E-state index contributed by atoms with van der Waals surface area (Å²) in [5.74, 6) is 0.0105. The van der Waals surface area contributed by atoms with E-state index in [0.717, 1.165) is 11.8 Å². The van der Waals surface area contributed by atoms with Crippen LogP contribution in [0.5, 0.6) is 11.5 Å². The van der Waals surface area contributed by atoms with Crippen LogP contribution in [0.15, 0.2) is 41.3 Å². The van der Waals surface area contributed by atoms with Gasteiger partial charge in [0.1, 0.15) is 12.4 Å². The number of hydrogen-bond acceptors (Lipinski definition) is 5. The van der Waals surface area contributed by atoms with Gasteiger partial charge in [-0.25, -0.2) is 4.39 Å². The Morgan fingerprint density at radius 3 is 2.70 bits per heavy atom. The molecule has 0 unspecified atom stereocenters. The Morgan fingerprint density at radius 1 is 1.27 bits per heavy atom. The molecule has 30 heavy (non-hydrogen) atoms. The lowest BCUT2D eigenvalue weighted by Crippen LogP contribution is -2.36. The zero-order chi connectivity index (χ0) is 21.8. The van der Waals surface area contributed by atoms with E-state index in [1.165, 1.54) is 24.1 Å². The summed E-state index contributed by atoms with van der Waals surface area (Å²) in [6.45, 7) is 3.87. The summed E-state index contributed by atoms with van der Waals surface area (Å²) in [6.07, 6.45) is 2.29. The number of amides is 2. The maximum atomic E-state index is 13.4. The van der Waals surface area contributed by atoms with Gasteiger partial charge in [-0.15, -0.1) is 0 Å². The number of methoxy groups -OCH3 is 1. The van der Waals surface area contributed by atoms with E-state index in [9.17, 15) is 14.0 Å². The number of ether oxygens (including phenoxy) is 2. The first-order valence-corrected chi connectivity index (χ1v) is 10.5. The molecule has 158 valence electrons. The van der Waals surface area contributed by atoms with Crippen molar-refractivity contribution in [3.05, 3.63) is 63.3 Å². The number of rotatable bonds is 7. The fourth-order valence-electron chi connectivity index (χ4n) is 2.94. The minimum atomic E-state index is -0.351. The third-order valence-corrected chi connectivity index (χ3v) is 5.84. The van der Waals surface area contributed by atoms with E-state index in [2.05, 4.69) is 0 Å². The van der Waals surface area contributed by atoms with Crippen molar-refractivity contribution >= 4 is 40.6 Å². The fraction of sp³-hybridized carbons (Fsp3) is 0.273. The van der Waals surface area contributed by atoms with Crippen molar-refractivity contribution in [2.24, 2.45) is 0 Å². The average molecular weight is 450 g/mol. The molecule has 2 amide bonds. The topological polar surface area (TPSA) is 55.8 Å². The van der Waals surface area contributed by atoms with E-state index in [-0.39, 0.29) is 34.6 Å². The van der Waals surface area contributed by atoms with Gasteiger partial charge in [0.25, 0.3) is 11.1 Å². The molecule has 0 saturated carbocycles. The van der Waals surface area contributed by atoms with E-state index in [1.54, 1.807) is 30.3 Å². The Hall–Kier alpha value is -2.51. The first-order valence-electron chi connectivity index (χ1n) is 9.35. The van der Waals surface area contributed by atoms with Gasteiger partial charge in [0.05, 0.1) is 17.0 Å². The van der Waals surface area contributed by atoms with Gasteiger partial charge in [-0.05, 0) is 66.6 Å². The fourth-order valence-corrected chi connectivity index (χ4v) is 4.14. The minimum Gasteiger partial charge on any atom is -0.493 e. The lowest BCUT2D eigenvalue weighted by Gasteiger charge is -2.19. The average Bonchev–Trinajstić information content (AvgIpc) is 2.99. The molecule has 0 aromatic heterocycles. The molecule has 0 radical (unpaired) electrons. The van der Waals surface area contributed by atoms with Gasteiger partial charge in [-0.3, -0.25) is 14.5 Å². The summed E-state index contributed by atoms with van der Waals surface area (Å²) >= 11 is 7.29. The molecule has 8 heteroatoms. The van der Waals surface area contributed by atoms with Crippen molar-refractivity contribution in [3.8, 4) is 11.5 Å². The summed E-state index contributed by atoms with van der Waals surface area (Å²) in [7, 11) is 1.47. The normalized spacial score (nSPS) is 16.3. The van der Waals surface area contributed by atoms with E-state index in [4.69, 9.17) is 21.1 Å². The zero-order valence-electron chi connectivity index (χ0n) is 16.8. The highest BCUT2D eigenvalue weighted by atomic mass is 35.5.